The number of amides is 1. The molecule has 0 aromatic heterocycles. The molecule has 1 aliphatic carbocycles. The molecule has 1 atom stereocenters. The number of rotatable bonds is 1. The highest BCUT2D eigenvalue weighted by Gasteiger charge is 2.24. The van der Waals surface area contributed by atoms with Crippen LogP contribution in [0.2, 0.25) is 0 Å². The van der Waals surface area contributed by atoms with Gasteiger partial charge in [-0.2, -0.15) is 0 Å². The van der Waals surface area contributed by atoms with Gasteiger partial charge in [-0.05, 0) is 19.3 Å². The summed E-state index contributed by atoms with van der Waals surface area (Å²) in [5, 5.41) is 3.28. The molecule has 2 rings (SSSR count). The fourth-order valence-corrected chi connectivity index (χ4v) is 2.07. The molecule has 0 aromatic carbocycles. The van der Waals surface area contributed by atoms with E-state index in [0.29, 0.717) is 11.5 Å². The van der Waals surface area contributed by atoms with E-state index in [4.69, 9.17) is 5.73 Å². The van der Waals surface area contributed by atoms with E-state index in [0.717, 1.165) is 18.7 Å². The Labute approximate surface area is 77.7 Å². The zero-order valence-corrected chi connectivity index (χ0v) is 7.55. The van der Waals surface area contributed by atoms with Crippen LogP contribution in [0.3, 0.4) is 0 Å². The second-order valence-corrected chi connectivity index (χ2v) is 3.60. The van der Waals surface area contributed by atoms with Gasteiger partial charge in [-0.25, -0.2) is 0 Å². The maximum Gasteiger partial charge on any atom is 0.250 e. The van der Waals surface area contributed by atoms with Gasteiger partial charge in [0.1, 0.15) is 0 Å². The lowest BCUT2D eigenvalue weighted by molar-refractivity contribution is -0.114. The van der Waals surface area contributed by atoms with Crippen molar-refractivity contribution in [2.24, 2.45) is 11.7 Å². The number of nitrogens with two attached hydrogens (primary N) is 1. The summed E-state index contributed by atoms with van der Waals surface area (Å²) in [5.74, 6) is 0.187. The highest BCUT2D eigenvalue weighted by atomic mass is 16.1. The van der Waals surface area contributed by atoms with Gasteiger partial charge in [0.25, 0.3) is 0 Å². The molecule has 13 heavy (non-hydrogen) atoms. The van der Waals surface area contributed by atoms with E-state index in [2.05, 4.69) is 5.32 Å². The van der Waals surface area contributed by atoms with Crippen molar-refractivity contribution >= 4 is 5.91 Å². The number of carbonyl (C=O) groups is 1. The van der Waals surface area contributed by atoms with Crippen LogP contribution in [-0.4, -0.2) is 12.5 Å². The monoisotopic (exact) mass is 178 g/mol. The average molecular weight is 178 g/mol. The lowest BCUT2D eigenvalue weighted by Gasteiger charge is -2.29. The quantitative estimate of drug-likeness (QED) is 0.620. The molecule has 1 saturated heterocycles. The van der Waals surface area contributed by atoms with Crippen LogP contribution in [0, 0.1) is 5.92 Å². The van der Waals surface area contributed by atoms with Gasteiger partial charge >= 0.3 is 0 Å². The molecular weight excluding hydrogens is 164 g/mol. The van der Waals surface area contributed by atoms with E-state index in [1.807, 2.05) is 12.2 Å². The Morgan fingerprint density at radius 2 is 2.46 bits per heavy atom. The third kappa shape index (κ3) is 1.46. The molecule has 0 bridgehead atoms. The first-order valence-corrected chi connectivity index (χ1v) is 4.73. The minimum absolute atomic E-state index is 0.314. The minimum atomic E-state index is -0.314. The smallest absolute Gasteiger partial charge is 0.250 e. The fraction of sp³-hybridized carbons (Fsp3) is 0.500. The molecule has 0 saturated carbocycles. The number of carbonyl (C=O) groups excluding carboxylic acids is 1. The van der Waals surface area contributed by atoms with Crippen molar-refractivity contribution in [3.05, 3.63) is 23.4 Å². The molecular formula is C10H14N2O. The van der Waals surface area contributed by atoms with E-state index < -0.39 is 0 Å². The number of nitrogens with one attached hydrogen (secondary N) is 1. The summed E-state index contributed by atoms with van der Waals surface area (Å²) in [6.07, 6.45) is 7.28. The molecule has 0 aromatic rings. The van der Waals surface area contributed by atoms with Crippen LogP contribution in [0.15, 0.2) is 23.4 Å². The maximum absolute atomic E-state index is 11.1. The SMILES string of the molecule is NC(=O)C1=C2NCCCC2CC=C1. The largest absolute Gasteiger partial charge is 0.387 e. The number of hydrogen-bond donors (Lipinski definition) is 2. The molecule has 2 aliphatic rings. The van der Waals surface area contributed by atoms with Gasteiger partial charge in [0, 0.05) is 18.2 Å². The average Bonchev–Trinajstić information content (AvgIpc) is 2.17. The summed E-state index contributed by atoms with van der Waals surface area (Å²) in [5.41, 5.74) is 7.03. The van der Waals surface area contributed by atoms with Crippen LogP contribution in [0.1, 0.15) is 19.3 Å². The number of primary amides is 1. The van der Waals surface area contributed by atoms with Crippen LogP contribution in [0.4, 0.5) is 0 Å². The van der Waals surface area contributed by atoms with Crippen molar-refractivity contribution in [3.8, 4) is 0 Å². The molecule has 1 aliphatic heterocycles. The third-order valence-electron chi connectivity index (χ3n) is 2.71. The predicted molar refractivity (Wildman–Crippen MR) is 50.7 cm³/mol. The van der Waals surface area contributed by atoms with Crippen LogP contribution in [0.5, 0.6) is 0 Å². The molecule has 3 N–H and O–H groups in total. The van der Waals surface area contributed by atoms with Crippen molar-refractivity contribution in [2.45, 2.75) is 19.3 Å². The summed E-state index contributed by atoms with van der Waals surface area (Å²) in [7, 11) is 0. The van der Waals surface area contributed by atoms with Gasteiger partial charge in [-0.3, -0.25) is 4.79 Å². The Balaban J connectivity index is 2.33. The Hall–Kier alpha value is -1.25. The van der Waals surface area contributed by atoms with E-state index in [1.54, 1.807) is 0 Å². The highest BCUT2D eigenvalue weighted by Crippen LogP contribution is 2.29. The lowest BCUT2D eigenvalue weighted by Crippen LogP contribution is -2.32. The van der Waals surface area contributed by atoms with Crippen LogP contribution >= 0.6 is 0 Å². The Morgan fingerprint density at radius 3 is 3.23 bits per heavy atom. The van der Waals surface area contributed by atoms with Gasteiger partial charge in [0.15, 0.2) is 0 Å². The zero-order chi connectivity index (χ0) is 9.26. The Bertz CT molecular complexity index is 291. The van der Waals surface area contributed by atoms with E-state index in [9.17, 15) is 4.79 Å². The maximum atomic E-state index is 11.1. The van der Waals surface area contributed by atoms with E-state index in [1.165, 1.54) is 12.8 Å². The topological polar surface area (TPSA) is 55.1 Å². The van der Waals surface area contributed by atoms with Gasteiger partial charge in [-0.1, -0.05) is 12.2 Å². The van der Waals surface area contributed by atoms with Crippen molar-refractivity contribution < 1.29 is 4.79 Å². The first-order chi connectivity index (χ1) is 6.29. The summed E-state index contributed by atoms with van der Waals surface area (Å²) >= 11 is 0. The first-order valence-electron chi connectivity index (χ1n) is 4.73. The summed E-state index contributed by atoms with van der Waals surface area (Å²) in [4.78, 5) is 11.1. The fourth-order valence-electron chi connectivity index (χ4n) is 2.07. The summed E-state index contributed by atoms with van der Waals surface area (Å²) in [6, 6.07) is 0. The molecule has 1 fully saturated rings. The van der Waals surface area contributed by atoms with Crippen LogP contribution in [0.25, 0.3) is 0 Å². The standard InChI is InChI=1S/C10H14N2O/c11-10(13)8-5-1-3-7-4-2-6-12-9(7)8/h1,5,7,12H,2-4,6H2,(H2,11,13). The number of allylic oxidation sites excluding steroid dienone is 2. The van der Waals surface area contributed by atoms with E-state index >= 15 is 0 Å². The van der Waals surface area contributed by atoms with E-state index in [-0.39, 0.29) is 5.91 Å². The summed E-state index contributed by atoms with van der Waals surface area (Å²) in [6.45, 7) is 0.969. The number of fused-ring (bicyclic) bond motifs is 1. The molecule has 3 nitrogen and oxygen atoms in total. The van der Waals surface area contributed by atoms with Crippen molar-refractivity contribution in [1.29, 1.82) is 0 Å². The van der Waals surface area contributed by atoms with Crippen molar-refractivity contribution in [2.75, 3.05) is 6.54 Å². The number of hydrogen-bond acceptors (Lipinski definition) is 2. The molecule has 1 amide bonds. The van der Waals surface area contributed by atoms with Crippen molar-refractivity contribution in [3.63, 3.8) is 0 Å². The Morgan fingerprint density at radius 1 is 1.62 bits per heavy atom. The molecule has 70 valence electrons. The second-order valence-electron chi connectivity index (χ2n) is 3.60. The van der Waals surface area contributed by atoms with Crippen molar-refractivity contribution in [1.82, 2.24) is 5.32 Å². The van der Waals surface area contributed by atoms with Gasteiger partial charge in [0.2, 0.25) is 5.91 Å². The van der Waals surface area contributed by atoms with Crippen LogP contribution < -0.4 is 11.1 Å². The molecule has 0 spiro atoms. The van der Waals surface area contributed by atoms with Gasteiger partial charge in [0.05, 0.1) is 5.57 Å². The molecule has 1 heterocycles. The van der Waals surface area contributed by atoms with Gasteiger partial charge < -0.3 is 11.1 Å². The second kappa shape index (κ2) is 3.24. The predicted octanol–water partition coefficient (Wildman–Crippen LogP) is 0.685. The normalized spacial score (nSPS) is 26.6. The number of piperidine rings is 1. The Kier molecular flexibility index (Phi) is 2.08. The molecule has 3 heteroatoms. The summed E-state index contributed by atoms with van der Waals surface area (Å²) < 4.78 is 0. The first kappa shape index (κ1) is 8.35. The minimum Gasteiger partial charge on any atom is -0.387 e. The lowest BCUT2D eigenvalue weighted by atomic mass is 9.86. The zero-order valence-electron chi connectivity index (χ0n) is 7.55. The third-order valence-corrected chi connectivity index (χ3v) is 2.71. The van der Waals surface area contributed by atoms with Crippen LogP contribution in [-0.2, 0) is 4.79 Å². The highest BCUT2D eigenvalue weighted by molar-refractivity contribution is 5.95. The molecule has 0 radical (unpaired) electrons. The van der Waals surface area contributed by atoms with Gasteiger partial charge in [-0.15, -0.1) is 0 Å². The molecule has 1 unspecified atom stereocenters.